The first-order valence-electron chi connectivity index (χ1n) is 7.40. The van der Waals surface area contributed by atoms with E-state index >= 15 is 0 Å². The third kappa shape index (κ3) is 4.14. The molecule has 0 spiro atoms. The largest absolute Gasteiger partial charge is 0.370 e. The van der Waals surface area contributed by atoms with Crippen LogP contribution in [0.5, 0.6) is 0 Å². The van der Waals surface area contributed by atoms with E-state index in [0.717, 1.165) is 53.1 Å². The maximum Gasteiger partial charge on any atom is 0.135 e. The van der Waals surface area contributed by atoms with Gasteiger partial charge in [0.15, 0.2) is 0 Å². The van der Waals surface area contributed by atoms with E-state index in [4.69, 9.17) is 0 Å². The molecule has 0 atom stereocenters. The first-order chi connectivity index (χ1) is 10.1. The Bertz CT molecular complexity index is 594. The molecule has 0 saturated heterocycles. The van der Waals surface area contributed by atoms with Crippen molar-refractivity contribution in [2.75, 3.05) is 17.2 Å². The Morgan fingerprint density at radius 3 is 2.33 bits per heavy atom. The van der Waals surface area contributed by atoms with Crippen molar-refractivity contribution in [2.45, 2.75) is 47.1 Å². The van der Waals surface area contributed by atoms with E-state index in [0.29, 0.717) is 6.54 Å². The molecule has 6 heteroatoms. The van der Waals surface area contributed by atoms with Gasteiger partial charge in [0.05, 0.1) is 17.2 Å². The zero-order chi connectivity index (χ0) is 15.2. The molecule has 0 radical (unpaired) electrons. The molecule has 2 rings (SSSR count). The van der Waals surface area contributed by atoms with Gasteiger partial charge in [0.2, 0.25) is 0 Å². The molecule has 0 saturated carbocycles. The molecule has 114 valence electrons. The van der Waals surface area contributed by atoms with Crippen LogP contribution in [0, 0.1) is 13.8 Å². The molecule has 5 nitrogen and oxygen atoms in total. The number of aryl methyl sites for hydroxylation is 2. The molecular formula is C15H23N5S. The lowest BCUT2D eigenvalue weighted by Crippen LogP contribution is -2.11. The predicted octanol–water partition coefficient (Wildman–Crippen LogP) is 3.55. The Morgan fingerprint density at radius 2 is 1.76 bits per heavy atom. The third-order valence-electron chi connectivity index (χ3n) is 3.15. The van der Waals surface area contributed by atoms with Crippen LogP contribution in [-0.2, 0) is 13.0 Å². The highest BCUT2D eigenvalue weighted by molar-refractivity contribution is 7.09. The number of aromatic nitrogens is 3. The normalized spacial score (nSPS) is 10.7. The minimum absolute atomic E-state index is 0.693. The molecule has 2 aromatic rings. The van der Waals surface area contributed by atoms with Crippen LogP contribution in [0.4, 0.5) is 11.6 Å². The summed E-state index contributed by atoms with van der Waals surface area (Å²) in [5, 5.41) is 9.93. The lowest BCUT2D eigenvalue weighted by Gasteiger charge is -2.14. The summed E-state index contributed by atoms with van der Waals surface area (Å²) < 4.78 is 0. The molecule has 21 heavy (non-hydrogen) atoms. The fourth-order valence-electron chi connectivity index (χ4n) is 1.97. The topological polar surface area (TPSA) is 62.7 Å². The first-order valence-corrected chi connectivity index (χ1v) is 8.28. The number of hydrogen-bond donors (Lipinski definition) is 2. The summed E-state index contributed by atoms with van der Waals surface area (Å²) >= 11 is 1.67. The van der Waals surface area contributed by atoms with Crippen molar-refractivity contribution in [3.8, 4) is 0 Å². The van der Waals surface area contributed by atoms with Crippen molar-refractivity contribution in [3.05, 3.63) is 27.5 Å². The fraction of sp³-hybridized carbons (Fsp3) is 0.533. The van der Waals surface area contributed by atoms with E-state index in [2.05, 4.69) is 44.8 Å². The number of nitrogens with zero attached hydrogens (tertiary/aromatic N) is 3. The van der Waals surface area contributed by atoms with Gasteiger partial charge in [0, 0.05) is 23.9 Å². The number of nitrogens with one attached hydrogen (secondary N) is 2. The van der Waals surface area contributed by atoms with Gasteiger partial charge >= 0.3 is 0 Å². The summed E-state index contributed by atoms with van der Waals surface area (Å²) in [4.78, 5) is 13.6. The van der Waals surface area contributed by atoms with Crippen molar-refractivity contribution >= 4 is 23.0 Å². The van der Waals surface area contributed by atoms with E-state index in [9.17, 15) is 0 Å². The van der Waals surface area contributed by atoms with Gasteiger partial charge in [0.1, 0.15) is 17.5 Å². The SMILES string of the molecule is CCCNc1nc(CC)nc(NCc2csc(C)n2)c1C. The minimum atomic E-state index is 0.693. The van der Waals surface area contributed by atoms with Gasteiger partial charge in [0.25, 0.3) is 0 Å². The molecule has 2 N–H and O–H groups in total. The van der Waals surface area contributed by atoms with Crippen LogP contribution in [0.1, 0.15) is 42.4 Å². The fourth-order valence-corrected chi connectivity index (χ4v) is 2.59. The van der Waals surface area contributed by atoms with Gasteiger partial charge in [-0.2, -0.15) is 0 Å². The van der Waals surface area contributed by atoms with Crippen LogP contribution < -0.4 is 10.6 Å². The van der Waals surface area contributed by atoms with Crippen molar-refractivity contribution in [3.63, 3.8) is 0 Å². The maximum absolute atomic E-state index is 4.59. The molecular weight excluding hydrogens is 282 g/mol. The van der Waals surface area contributed by atoms with E-state index < -0.39 is 0 Å². The minimum Gasteiger partial charge on any atom is -0.370 e. The Morgan fingerprint density at radius 1 is 1.05 bits per heavy atom. The van der Waals surface area contributed by atoms with E-state index in [-0.39, 0.29) is 0 Å². The van der Waals surface area contributed by atoms with Crippen LogP contribution in [0.15, 0.2) is 5.38 Å². The van der Waals surface area contributed by atoms with Gasteiger partial charge in [-0.15, -0.1) is 11.3 Å². The van der Waals surface area contributed by atoms with Gasteiger partial charge in [-0.05, 0) is 20.3 Å². The lowest BCUT2D eigenvalue weighted by atomic mass is 10.2. The summed E-state index contributed by atoms with van der Waals surface area (Å²) in [6, 6.07) is 0. The number of hydrogen-bond acceptors (Lipinski definition) is 6. The zero-order valence-corrected chi connectivity index (χ0v) is 14.0. The monoisotopic (exact) mass is 305 g/mol. The molecule has 0 amide bonds. The van der Waals surface area contributed by atoms with Gasteiger partial charge < -0.3 is 10.6 Å². The maximum atomic E-state index is 4.59. The van der Waals surface area contributed by atoms with Crippen LogP contribution in [0.3, 0.4) is 0 Å². The molecule has 2 heterocycles. The summed E-state index contributed by atoms with van der Waals surface area (Å²) in [5.41, 5.74) is 2.12. The van der Waals surface area contributed by atoms with Crippen LogP contribution in [0.25, 0.3) is 0 Å². The third-order valence-corrected chi connectivity index (χ3v) is 3.98. The highest BCUT2D eigenvalue weighted by Crippen LogP contribution is 2.21. The standard InChI is InChI=1S/C15H23N5S/c1-5-7-16-14-10(3)15(20-13(6-2)19-14)17-8-12-9-21-11(4)18-12/h9H,5-8H2,1-4H3,(H2,16,17,19,20). The average molecular weight is 305 g/mol. The summed E-state index contributed by atoms with van der Waals surface area (Å²) in [7, 11) is 0. The molecule has 0 aliphatic heterocycles. The molecule has 0 bridgehead atoms. The average Bonchev–Trinajstić information content (AvgIpc) is 2.90. The van der Waals surface area contributed by atoms with Crippen LogP contribution in [-0.4, -0.2) is 21.5 Å². The second-order valence-corrected chi connectivity index (χ2v) is 6.02. The number of thiazole rings is 1. The highest BCUT2D eigenvalue weighted by atomic mass is 32.1. The first kappa shape index (κ1) is 15.7. The Labute approximate surface area is 130 Å². The second kappa shape index (κ2) is 7.36. The van der Waals surface area contributed by atoms with E-state index in [1.807, 2.05) is 13.8 Å². The molecule has 0 fully saturated rings. The van der Waals surface area contributed by atoms with Crippen molar-refractivity contribution < 1.29 is 0 Å². The quantitative estimate of drug-likeness (QED) is 0.819. The Hall–Kier alpha value is -1.69. The van der Waals surface area contributed by atoms with Gasteiger partial charge in [-0.25, -0.2) is 15.0 Å². The summed E-state index contributed by atoms with van der Waals surface area (Å²) in [5.74, 6) is 2.68. The van der Waals surface area contributed by atoms with E-state index in [1.165, 1.54) is 0 Å². The Kier molecular flexibility index (Phi) is 5.50. The second-order valence-electron chi connectivity index (χ2n) is 4.95. The molecule has 0 aliphatic carbocycles. The van der Waals surface area contributed by atoms with Crippen LogP contribution in [0.2, 0.25) is 0 Å². The summed E-state index contributed by atoms with van der Waals surface area (Å²) in [6.45, 7) is 9.90. The van der Waals surface area contributed by atoms with Crippen molar-refractivity contribution in [1.29, 1.82) is 0 Å². The molecule has 0 aromatic carbocycles. The van der Waals surface area contributed by atoms with E-state index in [1.54, 1.807) is 11.3 Å². The highest BCUT2D eigenvalue weighted by Gasteiger charge is 2.10. The van der Waals surface area contributed by atoms with Gasteiger partial charge in [-0.1, -0.05) is 13.8 Å². The summed E-state index contributed by atoms with van der Waals surface area (Å²) in [6.07, 6.45) is 1.90. The van der Waals surface area contributed by atoms with Crippen molar-refractivity contribution in [2.24, 2.45) is 0 Å². The number of anilines is 2. The smallest absolute Gasteiger partial charge is 0.135 e. The predicted molar refractivity (Wildman–Crippen MR) is 89.1 cm³/mol. The molecule has 0 aliphatic rings. The lowest BCUT2D eigenvalue weighted by molar-refractivity contribution is 0.901. The van der Waals surface area contributed by atoms with Gasteiger partial charge in [-0.3, -0.25) is 0 Å². The molecule has 0 unspecified atom stereocenters. The number of rotatable bonds is 7. The molecule has 2 aromatic heterocycles. The van der Waals surface area contributed by atoms with Crippen LogP contribution >= 0.6 is 11.3 Å². The van der Waals surface area contributed by atoms with Crippen molar-refractivity contribution in [1.82, 2.24) is 15.0 Å². The zero-order valence-electron chi connectivity index (χ0n) is 13.2. The Balaban J connectivity index is 2.16.